The number of urea groups is 1. The van der Waals surface area contributed by atoms with Crippen LogP contribution in [-0.2, 0) is 36.8 Å². The summed E-state index contributed by atoms with van der Waals surface area (Å²) in [4.78, 5) is 68.9. The fraction of sp³-hybridized carbons (Fsp3) is 0.474. The van der Waals surface area contributed by atoms with Gasteiger partial charge in [0.05, 0.1) is 18.9 Å². The van der Waals surface area contributed by atoms with Gasteiger partial charge in [-0.25, -0.2) is 4.79 Å². The predicted octanol–water partition coefficient (Wildman–Crippen LogP) is -1.32. The molecular formula is C19H24N10O6S2. The van der Waals surface area contributed by atoms with E-state index in [4.69, 9.17) is 0 Å². The second kappa shape index (κ2) is 13.4. The van der Waals surface area contributed by atoms with Gasteiger partial charge in [-0.1, -0.05) is 22.7 Å². The summed E-state index contributed by atoms with van der Waals surface area (Å²) in [7, 11) is 1.50. The number of nitrogens with one attached hydrogen (secondary N) is 6. The van der Waals surface area contributed by atoms with Gasteiger partial charge in [0.15, 0.2) is 0 Å². The largest absolute Gasteiger partial charge is 0.325 e. The lowest BCUT2D eigenvalue weighted by atomic mass is 10.2. The molecule has 1 aliphatic heterocycles. The van der Waals surface area contributed by atoms with Gasteiger partial charge in [0.25, 0.3) is 5.91 Å². The van der Waals surface area contributed by atoms with Crippen molar-refractivity contribution in [3.8, 4) is 0 Å². The maximum absolute atomic E-state index is 12.1. The van der Waals surface area contributed by atoms with E-state index in [9.17, 15) is 28.8 Å². The molecule has 37 heavy (non-hydrogen) atoms. The fourth-order valence-electron chi connectivity index (χ4n) is 3.16. The van der Waals surface area contributed by atoms with Gasteiger partial charge < -0.3 is 21.3 Å². The van der Waals surface area contributed by atoms with Crippen LogP contribution in [0.25, 0.3) is 0 Å². The van der Waals surface area contributed by atoms with Crippen LogP contribution < -0.4 is 31.9 Å². The highest BCUT2D eigenvalue weighted by molar-refractivity contribution is 7.15. The fourth-order valence-corrected chi connectivity index (χ4v) is 4.76. The van der Waals surface area contributed by atoms with Crippen LogP contribution in [0, 0.1) is 0 Å². The van der Waals surface area contributed by atoms with Gasteiger partial charge in [0.2, 0.25) is 34.4 Å². The zero-order valence-electron chi connectivity index (χ0n) is 19.5. The number of hydrogen-bond donors (Lipinski definition) is 6. The number of anilines is 2. The van der Waals surface area contributed by atoms with Gasteiger partial charge in [0, 0.05) is 12.8 Å². The van der Waals surface area contributed by atoms with Crippen molar-refractivity contribution < 1.29 is 28.8 Å². The van der Waals surface area contributed by atoms with E-state index in [1.165, 1.54) is 29.7 Å². The minimum Gasteiger partial charge on any atom is -0.325 e. The number of hydrogen-bond acceptors (Lipinski definition) is 13. The molecule has 1 fully saturated rings. The number of carbonyl (C=O) groups excluding carboxylic acids is 6. The average Bonchev–Trinajstić information content (AvgIpc) is 3.56. The van der Waals surface area contributed by atoms with Crippen LogP contribution in [0.15, 0.2) is 0 Å². The quantitative estimate of drug-likeness (QED) is 0.0915. The Morgan fingerprint density at radius 2 is 1.57 bits per heavy atom. The van der Waals surface area contributed by atoms with E-state index in [2.05, 4.69) is 47.0 Å². The normalized spacial score (nSPS) is 15.4. The third kappa shape index (κ3) is 8.62. The number of carbonyl (C=O) groups is 6. The van der Waals surface area contributed by atoms with E-state index in [0.717, 1.165) is 22.9 Å². The number of likely N-dealkylation sites (N-methyl/N-ethyl adjacent to an activating group) is 1. The zero-order valence-corrected chi connectivity index (χ0v) is 21.2. The van der Waals surface area contributed by atoms with Crippen LogP contribution in [0.3, 0.4) is 0 Å². The van der Waals surface area contributed by atoms with E-state index >= 15 is 0 Å². The van der Waals surface area contributed by atoms with Gasteiger partial charge in [-0.2, -0.15) is 0 Å². The molecule has 1 saturated heterocycles. The third-order valence-corrected chi connectivity index (χ3v) is 6.76. The van der Waals surface area contributed by atoms with E-state index in [0.29, 0.717) is 23.1 Å². The van der Waals surface area contributed by atoms with Crippen LogP contribution in [-0.4, -0.2) is 75.6 Å². The monoisotopic (exact) mass is 552 g/mol. The molecule has 3 rings (SSSR count). The SMILES string of the molecule is CNC(CC(=O)Nc1nnc(CCCCc2nnc(NC(=O)CC3NC(=O)NC3=O)s2)s1)C(=O)NC=O. The average molecular weight is 553 g/mol. The highest BCUT2D eigenvalue weighted by Crippen LogP contribution is 2.20. The molecule has 0 bridgehead atoms. The first-order valence-corrected chi connectivity index (χ1v) is 12.7. The van der Waals surface area contributed by atoms with E-state index < -0.39 is 41.7 Å². The highest BCUT2D eigenvalue weighted by Gasteiger charge is 2.31. The molecule has 2 unspecified atom stereocenters. The Balaban J connectivity index is 1.35. The maximum atomic E-state index is 12.1. The Labute approximate surface area is 217 Å². The van der Waals surface area contributed by atoms with E-state index in [1.54, 1.807) is 0 Å². The lowest BCUT2D eigenvalue weighted by Crippen LogP contribution is -2.44. The number of imide groups is 2. The lowest BCUT2D eigenvalue weighted by molar-refractivity contribution is -0.129. The second-order valence-electron chi connectivity index (χ2n) is 7.70. The van der Waals surface area contributed by atoms with Gasteiger partial charge in [-0.3, -0.25) is 34.6 Å². The summed E-state index contributed by atoms with van der Waals surface area (Å²) in [5.41, 5.74) is 0. The van der Waals surface area contributed by atoms with Gasteiger partial charge >= 0.3 is 6.03 Å². The molecule has 2 aromatic rings. The van der Waals surface area contributed by atoms with Crippen molar-refractivity contribution >= 4 is 69.0 Å². The number of aromatic nitrogens is 4. The van der Waals surface area contributed by atoms with Crippen molar-refractivity contribution in [3.63, 3.8) is 0 Å². The first kappa shape index (κ1) is 27.7. The lowest BCUT2D eigenvalue weighted by Gasteiger charge is -2.12. The van der Waals surface area contributed by atoms with Crippen molar-refractivity contribution in [2.75, 3.05) is 17.7 Å². The first-order valence-electron chi connectivity index (χ1n) is 11.0. The van der Waals surface area contributed by atoms with Crippen molar-refractivity contribution in [2.24, 2.45) is 0 Å². The molecule has 0 aliphatic carbocycles. The number of aryl methyl sites for hydroxylation is 2. The molecule has 3 heterocycles. The summed E-state index contributed by atoms with van der Waals surface area (Å²) >= 11 is 2.45. The van der Waals surface area contributed by atoms with Crippen molar-refractivity contribution in [1.82, 2.24) is 41.7 Å². The summed E-state index contributed by atoms with van der Waals surface area (Å²) in [5, 5.41) is 32.3. The van der Waals surface area contributed by atoms with E-state index in [1.807, 2.05) is 5.32 Å². The Hall–Kier alpha value is -3.90. The minimum absolute atomic E-state index is 0.179. The van der Waals surface area contributed by atoms with E-state index in [-0.39, 0.29) is 19.3 Å². The summed E-state index contributed by atoms with van der Waals surface area (Å²) < 4.78 is 0. The summed E-state index contributed by atoms with van der Waals surface area (Å²) in [5.74, 6) is -2.07. The summed E-state index contributed by atoms with van der Waals surface area (Å²) in [6, 6.07) is -2.39. The number of unbranched alkanes of at least 4 members (excludes halogenated alkanes) is 1. The molecule has 2 atom stereocenters. The molecule has 2 aromatic heterocycles. The first-order chi connectivity index (χ1) is 17.8. The Morgan fingerprint density at radius 3 is 2.08 bits per heavy atom. The highest BCUT2D eigenvalue weighted by atomic mass is 32.1. The molecule has 0 aromatic carbocycles. The Bertz CT molecular complexity index is 1170. The van der Waals surface area contributed by atoms with Crippen LogP contribution in [0.4, 0.5) is 15.1 Å². The molecule has 0 radical (unpaired) electrons. The van der Waals surface area contributed by atoms with Gasteiger partial charge in [-0.15, -0.1) is 20.4 Å². The number of rotatable bonds is 14. The second-order valence-corrected chi connectivity index (χ2v) is 9.82. The summed E-state index contributed by atoms with van der Waals surface area (Å²) in [6.45, 7) is 0. The topological polar surface area (TPSA) is 226 Å². The van der Waals surface area contributed by atoms with Crippen LogP contribution >= 0.6 is 22.7 Å². The number of nitrogens with zero attached hydrogens (tertiary/aromatic N) is 4. The smallest absolute Gasteiger partial charge is 0.322 e. The predicted molar refractivity (Wildman–Crippen MR) is 130 cm³/mol. The third-order valence-electron chi connectivity index (χ3n) is 4.96. The molecule has 6 N–H and O–H groups in total. The number of amides is 7. The maximum Gasteiger partial charge on any atom is 0.322 e. The molecule has 18 heteroatoms. The van der Waals surface area contributed by atoms with Crippen LogP contribution in [0.2, 0.25) is 0 Å². The molecule has 198 valence electrons. The molecular weight excluding hydrogens is 528 g/mol. The van der Waals surface area contributed by atoms with Gasteiger partial charge in [0.1, 0.15) is 16.1 Å². The zero-order chi connectivity index (χ0) is 26.8. The molecule has 7 amide bonds. The molecule has 0 spiro atoms. The summed E-state index contributed by atoms with van der Waals surface area (Å²) in [6.07, 6.45) is 2.68. The van der Waals surface area contributed by atoms with Crippen molar-refractivity contribution in [1.29, 1.82) is 0 Å². The van der Waals surface area contributed by atoms with Crippen molar-refractivity contribution in [3.05, 3.63) is 10.0 Å². The molecule has 1 aliphatic rings. The Morgan fingerprint density at radius 1 is 0.973 bits per heavy atom. The molecule has 0 saturated carbocycles. The Kier molecular flexibility index (Phi) is 10.0. The van der Waals surface area contributed by atoms with Gasteiger partial charge in [-0.05, 0) is 19.9 Å². The van der Waals surface area contributed by atoms with Crippen LogP contribution in [0.5, 0.6) is 0 Å². The van der Waals surface area contributed by atoms with Crippen molar-refractivity contribution in [2.45, 2.75) is 50.6 Å². The van der Waals surface area contributed by atoms with Crippen LogP contribution in [0.1, 0.15) is 35.7 Å². The standard InChI is InChI=1S/C19H24N10O6S2/c1-20-9(15(33)21-8-30)6-11(31)23-18-28-26-13(36-18)4-2-3-5-14-27-29-19(37-14)24-12(32)7-10-16(34)25-17(35)22-10/h8-10,20H,2-7H2,1H3,(H,21,30,33)(H,23,28,31)(H,24,29,32)(H2,22,25,34,35). The minimum atomic E-state index is -0.908. The molecule has 16 nitrogen and oxygen atoms in total.